The number of hydrogen-bond acceptors (Lipinski definition) is 2. The van der Waals surface area contributed by atoms with Crippen LogP contribution in [0.1, 0.15) is 30.5 Å². The summed E-state index contributed by atoms with van der Waals surface area (Å²) in [6, 6.07) is 8.20. The maximum Gasteiger partial charge on any atom is 0.217 e. The number of aryl methyl sites for hydroxylation is 1. The molecule has 0 aliphatic heterocycles. The Balaban J connectivity index is 2.22. The van der Waals surface area contributed by atoms with Gasteiger partial charge in [-0.1, -0.05) is 24.3 Å². The Labute approximate surface area is 89.7 Å². The second-order valence-corrected chi connectivity index (χ2v) is 4.07. The van der Waals surface area contributed by atoms with E-state index in [0.29, 0.717) is 0 Å². The van der Waals surface area contributed by atoms with Crippen molar-refractivity contribution < 1.29 is 4.79 Å². The van der Waals surface area contributed by atoms with Gasteiger partial charge < -0.3 is 11.1 Å². The van der Waals surface area contributed by atoms with Crippen LogP contribution in [0.4, 0.5) is 0 Å². The fourth-order valence-corrected chi connectivity index (χ4v) is 2.22. The van der Waals surface area contributed by atoms with Crippen molar-refractivity contribution >= 4 is 5.91 Å². The van der Waals surface area contributed by atoms with E-state index in [0.717, 1.165) is 12.8 Å². The largest absolute Gasteiger partial charge is 0.352 e. The molecular formula is C12H16N2O. The lowest BCUT2D eigenvalue weighted by Gasteiger charge is -2.31. The maximum atomic E-state index is 11.0. The van der Waals surface area contributed by atoms with E-state index < -0.39 is 0 Å². The van der Waals surface area contributed by atoms with Crippen LogP contribution in [0, 0.1) is 0 Å². The lowest BCUT2D eigenvalue weighted by atomic mass is 9.84. The van der Waals surface area contributed by atoms with Crippen LogP contribution in [0.2, 0.25) is 0 Å². The zero-order chi connectivity index (χ0) is 10.8. The van der Waals surface area contributed by atoms with Crippen LogP contribution in [0.25, 0.3) is 0 Å². The molecule has 0 saturated heterocycles. The Morgan fingerprint density at radius 3 is 2.93 bits per heavy atom. The van der Waals surface area contributed by atoms with Gasteiger partial charge in [0, 0.05) is 13.0 Å². The van der Waals surface area contributed by atoms with Gasteiger partial charge in [0.15, 0.2) is 0 Å². The van der Waals surface area contributed by atoms with Crippen molar-refractivity contribution in [2.45, 2.75) is 31.8 Å². The minimum Gasteiger partial charge on any atom is -0.352 e. The molecule has 1 aromatic carbocycles. The molecule has 3 heteroatoms. The van der Waals surface area contributed by atoms with Crippen LogP contribution in [0.5, 0.6) is 0 Å². The van der Waals surface area contributed by atoms with Gasteiger partial charge in [0.25, 0.3) is 0 Å². The Kier molecular flexibility index (Phi) is 2.73. The fraction of sp³-hybridized carbons (Fsp3) is 0.417. The third kappa shape index (κ3) is 2.02. The number of rotatable bonds is 1. The van der Waals surface area contributed by atoms with Gasteiger partial charge in [0.2, 0.25) is 5.91 Å². The second-order valence-electron chi connectivity index (χ2n) is 4.07. The quantitative estimate of drug-likeness (QED) is 0.720. The first-order valence-electron chi connectivity index (χ1n) is 5.29. The van der Waals surface area contributed by atoms with E-state index in [9.17, 15) is 4.79 Å². The highest BCUT2D eigenvalue weighted by molar-refractivity contribution is 5.73. The van der Waals surface area contributed by atoms with E-state index in [1.807, 2.05) is 18.2 Å². The molecule has 1 aliphatic rings. The Morgan fingerprint density at radius 2 is 2.20 bits per heavy atom. The van der Waals surface area contributed by atoms with Gasteiger partial charge in [-0.3, -0.25) is 4.79 Å². The minimum atomic E-state index is -0.0705. The molecule has 15 heavy (non-hydrogen) atoms. The molecule has 0 fully saturated rings. The average molecular weight is 204 g/mol. The van der Waals surface area contributed by atoms with E-state index in [1.54, 1.807) is 0 Å². The summed E-state index contributed by atoms with van der Waals surface area (Å²) in [5.41, 5.74) is 8.60. The summed E-state index contributed by atoms with van der Waals surface area (Å²) in [4.78, 5) is 11.0. The van der Waals surface area contributed by atoms with E-state index in [-0.39, 0.29) is 18.0 Å². The lowest BCUT2D eigenvalue weighted by Crippen LogP contribution is -2.44. The number of carbonyl (C=O) groups excluding carboxylic acids is 1. The smallest absolute Gasteiger partial charge is 0.217 e. The zero-order valence-corrected chi connectivity index (χ0v) is 8.86. The topological polar surface area (TPSA) is 55.1 Å². The van der Waals surface area contributed by atoms with Crippen molar-refractivity contribution in [3.8, 4) is 0 Å². The summed E-state index contributed by atoms with van der Waals surface area (Å²) in [7, 11) is 0. The second kappa shape index (κ2) is 4.03. The molecule has 3 nitrogen and oxygen atoms in total. The fourth-order valence-electron chi connectivity index (χ4n) is 2.22. The summed E-state index contributed by atoms with van der Waals surface area (Å²) < 4.78 is 0. The van der Waals surface area contributed by atoms with Crippen LogP contribution in [0.3, 0.4) is 0 Å². The third-order valence-electron chi connectivity index (χ3n) is 2.96. The predicted molar refractivity (Wildman–Crippen MR) is 59.3 cm³/mol. The van der Waals surface area contributed by atoms with E-state index in [2.05, 4.69) is 11.4 Å². The lowest BCUT2D eigenvalue weighted by molar-refractivity contribution is -0.119. The number of hydrogen-bond donors (Lipinski definition) is 2. The molecule has 2 rings (SSSR count). The van der Waals surface area contributed by atoms with Gasteiger partial charge in [-0.2, -0.15) is 0 Å². The highest BCUT2D eigenvalue weighted by atomic mass is 16.1. The number of fused-ring (bicyclic) bond motifs is 1. The Bertz CT molecular complexity index is 376. The standard InChI is InChI=1S/C12H16N2O/c1-8(15)14-11-7-6-9-4-2-3-5-10(9)12(11)13/h2-5,11-12H,6-7,13H2,1H3,(H,14,15). The molecule has 0 radical (unpaired) electrons. The molecule has 1 aliphatic carbocycles. The zero-order valence-electron chi connectivity index (χ0n) is 8.86. The van der Waals surface area contributed by atoms with Crippen molar-refractivity contribution in [3.63, 3.8) is 0 Å². The van der Waals surface area contributed by atoms with Crippen LogP contribution >= 0.6 is 0 Å². The molecule has 0 saturated carbocycles. The number of benzene rings is 1. The predicted octanol–water partition coefficient (Wildman–Crippen LogP) is 1.14. The molecule has 2 atom stereocenters. The summed E-state index contributed by atoms with van der Waals surface area (Å²) in [5, 5.41) is 2.91. The van der Waals surface area contributed by atoms with Crippen molar-refractivity contribution in [1.82, 2.24) is 5.32 Å². The number of carbonyl (C=O) groups is 1. The molecule has 1 aromatic rings. The van der Waals surface area contributed by atoms with Crippen LogP contribution in [0.15, 0.2) is 24.3 Å². The molecule has 0 spiro atoms. The van der Waals surface area contributed by atoms with Crippen LogP contribution < -0.4 is 11.1 Å². The summed E-state index contributed by atoms with van der Waals surface area (Å²) in [6.07, 6.45) is 1.92. The number of nitrogens with one attached hydrogen (secondary N) is 1. The summed E-state index contributed by atoms with van der Waals surface area (Å²) in [5.74, 6) is -0.00479. The normalized spacial score (nSPS) is 24.4. The Morgan fingerprint density at radius 1 is 1.47 bits per heavy atom. The number of nitrogens with two attached hydrogens (primary N) is 1. The first-order chi connectivity index (χ1) is 7.18. The van der Waals surface area contributed by atoms with E-state index in [1.165, 1.54) is 18.1 Å². The molecule has 1 amide bonds. The van der Waals surface area contributed by atoms with Crippen LogP contribution in [-0.2, 0) is 11.2 Å². The Hall–Kier alpha value is -1.35. The molecule has 2 unspecified atom stereocenters. The van der Waals surface area contributed by atoms with Crippen molar-refractivity contribution in [3.05, 3.63) is 35.4 Å². The van der Waals surface area contributed by atoms with Crippen molar-refractivity contribution in [1.29, 1.82) is 0 Å². The highest BCUT2D eigenvalue weighted by Crippen LogP contribution is 2.27. The van der Waals surface area contributed by atoms with E-state index in [4.69, 9.17) is 5.73 Å². The first-order valence-corrected chi connectivity index (χ1v) is 5.29. The maximum absolute atomic E-state index is 11.0. The molecular weight excluding hydrogens is 188 g/mol. The minimum absolute atomic E-state index is 0.00479. The third-order valence-corrected chi connectivity index (χ3v) is 2.96. The average Bonchev–Trinajstić information content (AvgIpc) is 2.22. The molecule has 0 aromatic heterocycles. The molecule has 3 N–H and O–H groups in total. The van der Waals surface area contributed by atoms with Gasteiger partial charge in [-0.15, -0.1) is 0 Å². The highest BCUT2D eigenvalue weighted by Gasteiger charge is 2.26. The van der Waals surface area contributed by atoms with Crippen molar-refractivity contribution in [2.24, 2.45) is 5.73 Å². The van der Waals surface area contributed by atoms with Gasteiger partial charge in [-0.25, -0.2) is 0 Å². The SMILES string of the molecule is CC(=O)NC1CCc2ccccc2C1N. The van der Waals surface area contributed by atoms with Gasteiger partial charge >= 0.3 is 0 Å². The van der Waals surface area contributed by atoms with E-state index >= 15 is 0 Å². The van der Waals surface area contributed by atoms with Gasteiger partial charge in [0.1, 0.15) is 0 Å². The van der Waals surface area contributed by atoms with Gasteiger partial charge in [-0.05, 0) is 24.0 Å². The molecule has 80 valence electrons. The first kappa shape index (κ1) is 10.2. The number of amides is 1. The monoisotopic (exact) mass is 204 g/mol. The van der Waals surface area contributed by atoms with Gasteiger partial charge in [0.05, 0.1) is 6.04 Å². The molecule has 0 bridgehead atoms. The van der Waals surface area contributed by atoms with Crippen LogP contribution in [-0.4, -0.2) is 11.9 Å². The summed E-state index contributed by atoms with van der Waals surface area (Å²) >= 11 is 0. The molecule has 0 heterocycles. The van der Waals surface area contributed by atoms with Crippen molar-refractivity contribution in [2.75, 3.05) is 0 Å². The summed E-state index contributed by atoms with van der Waals surface area (Å²) in [6.45, 7) is 1.53.